The summed E-state index contributed by atoms with van der Waals surface area (Å²) in [6.45, 7) is 2.03. The molecule has 0 radical (unpaired) electrons. The Bertz CT molecular complexity index is 664. The molecule has 1 fully saturated rings. The number of ether oxygens (including phenoxy) is 1. The number of nitrogens with two attached hydrogens (primary N) is 1. The van der Waals surface area contributed by atoms with E-state index in [0.29, 0.717) is 17.8 Å². The average Bonchev–Trinajstić information content (AvgIpc) is 2.62. The predicted octanol–water partition coefficient (Wildman–Crippen LogP) is 2.75. The molecule has 1 aliphatic heterocycles. The van der Waals surface area contributed by atoms with Crippen molar-refractivity contribution in [1.82, 2.24) is 5.32 Å². The molecule has 2 aromatic carbocycles. The van der Waals surface area contributed by atoms with Crippen LogP contribution in [0.3, 0.4) is 0 Å². The highest BCUT2D eigenvalue weighted by molar-refractivity contribution is 5.99. The van der Waals surface area contributed by atoms with Crippen molar-refractivity contribution in [3.8, 4) is 0 Å². The van der Waals surface area contributed by atoms with E-state index in [1.54, 1.807) is 12.1 Å². The van der Waals surface area contributed by atoms with Crippen LogP contribution in [-0.2, 0) is 10.2 Å². The Morgan fingerprint density at radius 3 is 2.39 bits per heavy atom. The van der Waals surface area contributed by atoms with E-state index in [0.717, 1.165) is 26.1 Å². The predicted molar refractivity (Wildman–Crippen MR) is 91.4 cm³/mol. The summed E-state index contributed by atoms with van der Waals surface area (Å²) in [5.41, 5.74) is 8.11. The number of carbonyl (C=O) groups is 1. The second-order valence-corrected chi connectivity index (χ2v) is 6.03. The smallest absolute Gasteiger partial charge is 0.253 e. The molecule has 0 atom stereocenters. The Hall–Kier alpha value is -2.33. The molecule has 1 saturated heterocycles. The van der Waals surface area contributed by atoms with Crippen LogP contribution in [0.15, 0.2) is 54.6 Å². The fourth-order valence-electron chi connectivity index (χ4n) is 3.17. The SMILES string of the molecule is Nc1ccccc1C(=O)NCC1(c2ccccc2)CCOCC1. The Kier molecular flexibility index (Phi) is 4.63. The maximum Gasteiger partial charge on any atom is 0.253 e. The van der Waals surface area contributed by atoms with Gasteiger partial charge in [0.05, 0.1) is 5.56 Å². The van der Waals surface area contributed by atoms with Crippen LogP contribution in [0.5, 0.6) is 0 Å². The number of hydrogen-bond acceptors (Lipinski definition) is 3. The van der Waals surface area contributed by atoms with E-state index >= 15 is 0 Å². The fraction of sp³-hybridized carbons (Fsp3) is 0.316. The molecular weight excluding hydrogens is 288 g/mol. The summed E-state index contributed by atoms with van der Waals surface area (Å²) >= 11 is 0. The van der Waals surface area contributed by atoms with Crippen LogP contribution in [-0.4, -0.2) is 25.7 Å². The van der Waals surface area contributed by atoms with Gasteiger partial charge in [-0.3, -0.25) is 4.79 Å². The van der Waals surface area contributed by atoms with E-state index in [2.05, 4.69) is 17.4 Å². The molecule has 1 aliphatic rings. The second-order valence-electron chi connectivity index (χ2n) is 6.03. The molecule has 4 heteroatoms. The summed E-state index contributed by atoms with van der Waals surface area (Å²) < 4.78 is 5.52. The largest absolute Gasteiger partial charge is 0.398 e. The lowest BCUT2D eigenvalue weighted by molar-refractivity contribution is 0.0487. The number of nitrogens with one attached hydrogen (secondary N) is 1. The quantitative estimate of drug-likeness (QED) is 0.854. The third-order valence-electron chi connectivity index (χ3n) is 4.63. The van der Waals surface area contributed by atoms with Crippen molar-refractivity contribution in [3.63, 3.8) is 0 Å². The van der Waals surface area contributed by atoms with Crippen molar-refractivity contribution in [2.75, 3.05) is 25.5 Å². The monoisotopic (exact) mass is 310 g/mol. The number of para-hydroxylation sites is 1. The Balaban J connectivity index is 1.78. The molecule has 0 spiro atoms. The van der Waals surface area contributed by atoms with Crippen LogP contribution < -0.4 is 11.1 Å². The second kappa shape index (κ2) is 6.84. The Labute approximate surface area is 136 Å². The number of anilines is 1. The summed E-state index contributed by atoms with van der Waals surface area (Å²) in [4.78, 5) is 12.5. The summed E-state index contributed by atoms with van der Waals surface area (Å²) in [6.07, 6.45) is 1.81. The lowest BCUT2D eigenvalue weighted by Crippen LogP contribution is -2.44. The molecule has 0 saturated carbocycles. The molecule has 0 unspecified atom stereocenters. The Morgan fingerprint density at radius 1 is 1.04 bits per heavy atom. The van der Waals surface area contributed by atoms with E-state index in [4.69, 9.17) is 10.5 Å². The molecule has 23 heavy (non-hydrogen) atoms. The van der Waals surface area contributed by atoms with Crippen molar-refractivity contribution in [1.29, 1.82) is 0 Å². The Morgan fingerprint density at radius 2 is 1.70 bits per heavy atom. The minimum atomic E-state index is -0.120. The molecule has 0 aliphatic carbocycles. The lowest BCUT2D eigenvalue weighted by Gasteiger charge is -2.38. The van der Waals surface area contributed by atoms with Crippen molar-refractivity contribution < 1.29 is 9.53 Å². The normalized spacial score (nSPS) is 16.7. The van der Waals surface area contributed by atoms with Crippen molar-refractivity contribution in [2.24, 2.45) is 0 Å². The van der Waals surface area contributed by atoms with Gasteiger partial charge < -0.3 is 15.8 Å². The van der Waals surface area contributed by atoms with Gasteiger partial charge in [-0.2, -0.15) is 0 Å². The van der Waals surface area contributed by atoms with Crippen molar-refractivity contribution in [3.05, 3.63) is 65.7 Å². The van der Waals surface area contributed by atoms with Crippen LogP contribution in [0.1, 0.15) is 28.8 Å². The van der Waals surface area contributed by atoms with Gasteiger partial charge in [0.15, 0.2) is 0 Å². The number of carbonyl (C=O) groups excluding carboxylic acids is 1. The zero-order chi connectivity index (χ0) is 16.1. The number of amides is 1. The van der Waals surface area contributed by atoms with E-state index in [-0.39, 0.29) is 11.3 Å². The highest BCUT2D eigenvalue weighted by atomic mass is 16.5. The number of nitrogen functional groups attached to an aromatic ring is 1. The van der Waals surface area contributed by atoms with Gasteiger partial charge in [0.2, 0.25) is 0 Å². The van der Waals surface area contributed by atoms with Crippen LogP contribution in [0.2, 0.25) is 0 Å². The van der Waals surface area contributed by atoms with Gasteiger partial charge in [0, 0.05) is 30.9 Å². The van der Waals surface area contributed by atoms with Gasteiger partial charge in [-0.05, 0) is 30.5 Å². The van der Waals surface area contributed by atoms with Crippen molar-refractivity contribution in [2.45, 2.75) is 18.3 Å². The number of hydrogen-bond donors (Lipinski definition) is 2. The first-order valence-electron chi connectivity index (χ1n) is 7.97. The van der Waals surface area contributed by atoms with Gasteiger partial charge in [0.1, 0.15) is 0 Å². The van der Waals surface area contributed by atoms with Crippen LogP contribution in [0.25, 0.3) is 0 Å². The minimum absolute atomic E-state index is 0.0707. The molecule has 0 aromatic heterocycles. The lowest BCUT2D eigenvalue weighted by atomic mass is 9.74. The zero-order valence-electron chi connectivity index (χ0n) is 13.1. The first-order chi connectivity index (χ1) is 11.2. The van der Waals surface area contributed by atoms with Crippen LogP contribution in [0.4, 0.5) is 5.69 Å². The molecule has 3 N–H and O–H groups in total. The van der Waals surface area contributed by atoms with Gasteiger partial charge in [-0.1, -0.05) is 42.5 Å². The van der Waals surface area contributed by atoms with E-state index in [1.807, 2.05) is 30.3 Å². The van der Waals surface area contributed by atoms with E-state index in [1.165, 1.54) is 5.56 Å². The molecule has 3 rings (SSSR count). The van der Waals surface area contributed by atoms with E-state index < -0.39 is 0 Å². The van der Waals surface area contributed by atoms with Gasteiger partial charge in [0.25, 0.3) is 5.91 Å². The molecule has 1 amide bonds. The van der Waals surface area contributed by atoms with Crippen molar-refractivity contribution >= 4 is 11.6 Å². The first-order valence-corrected chi connectivity index (χ1v) is 7.97. The summed E-state index contributed by atoms with van der Waals surface area (Å²) in [5.74, 6) is -0.120. The maximum absolute atomic E-state index is 12.5. The van der Waals surface area contributed by atoms with Gasteiger partial charge >= 0.3 is 0 Å². The fourth-order valence-corrected chi connectivity index (χ4v) is 3.17. The molecule has 0 bridgehead atoms. The van der Waals surface area contributed by atoms with Crippen LogP contribution in [0, 0.1) is 0 Å². The maximum atomic E-state index is 12.5. The molecular formula is C19H22N2O2. The highest BCUT2D eigenvalue weighted by Crippen LogP contribution is 2.34. The summed E-state index contributed by atoms with van der Waals surface area (Å²) in [6, 6.07) is 17.5. The molecule has 4 nitrogen and oxygen atoms in total. The molecule has 1 heterocycles. The van der Waals surface area contributed by atoms with Gasteiger partial charge in [-0.15, -0.1) is 0 Å². The van der Waals surface area contributed by atoms with Gasteiger partial charge in [-0.25, -0.2) is 0 Å². The number of rotatable bonds is 4. The third kappa shape index (κ3) is 3.37. The highest BCUT2D eigenvalue weighted by Gasteiger charge is 2.34. The minimum Gasteiger partial charge on any atom is -0.398 e. The average molecular weight is 310 g/mol. The summed E-state index contributed by atoms with van der Waals surface area (Å²) in [5, 5.41) is 3.07. The molecule has 2 aromatic rings. The van der Waals surface area contributed by atoms with Crippen LogP contribution >= 0.6 is 0 Å². The molecule has 120 valence electrons. The standard InChI is InChI=1S/C19H22N2O2/c20-17-9-5-4-8-16(17)18(22)21-14-19(10-12-23-13-11-19)15-6-2-1-3-7-15/h1-9H,10-14,20H2,(H,21,22). The number of benzene rings is 2. The first kappa shape index (κ1) is 15.6. The zero-order valence-corrected chi connectivity index (χ0v) is 13.1. The topological polar surface area (TPSA) is 64.4 Å². The summed E-state index contributed by atoms with van der Waals surface area (Å²) in [7, 11) is 0. The van der Waals surface area contributed by atoms with E-state index in [9.17, 15) is 4.79 Å². The third-order valence-corrected chi connectivity index (χ3v) is 4.63.